The first-order chi connectivity index (χ1) is 14.8. The van der Waals surface area contributed by atoms with Crippen LogP contribution in [0.15, 0.2) is 78.9 Å². The molecule has 0 saturated carbocycles. The molecular formula is C25H22NO4S+. The third-order valence-corrected chi connectivity index (χ3v) is 7.58. The van der Waals surface area contributed by atoms with Crippen molar-refractivity contribution in [1.82, 2.24) is 0 Å². The Morgan fingerprint density at radius 3 is 2.26 bits per heavy atom. The van der Waals surface area contributed by atoms with Crippen LogP contribution in [0.3, 0.4) is 0 Å². The molecule has 0 aliphatic rings. The van der Waals surface area contributed by atoms with Crippen LogP contribution in [0, 0.1) is 17.0 Å². The lowest BCUT2D eigenvalue weighted by molar-refractivity contribution is -0.384. The highest BCUT2D eigenvalue weighted by Gasteiger charge is 2.27. The molecule has 4 aromatic rings. The second-order valence-corrected chi connectivity index (χ2v) is 9.99. The molecule has 1 aromatic heterocycles. The van der Waals surface area contributed by atoms with Crippen molar-refractivity contribution < 1.29 is 14.5 Å². The normalized spacial score (nSPS) is 12.0. The fourth-order valence-corrected chi connectivity index (χ4v) is 5.81. The number of benzene rings is 3. The van der Waals surface area contributed by atoms with Gasteiger partial charge in [0.05, 0.1) is 10.5 Å². The summed E-state index contributed by atoms with van der Waals surface area (Å²) < 4.78 is 7.04. The molecule has 0 bridgehead atoms. The second kappa shape index (κ2) is 7.96. The minimum atomic E-state index is -0.920. The molecule has 31 heavy (non-hydrogen) atoms. The van der Waals surface area contributed by atoms with Crippen LogP contribution in [0.2, 0.25) is 0 Å². The lowest BCUT2D eigenvalue weighted by atomic mass is 9.97. The van der Waals surface area contributed by atoms with Crippen LogP contribution < -0.4 is 0 Å². The molecule has 0 amide bonds. The number of nitro benzene ring substituents is 1. The zero-order chi connectivity index (χ0) is 22.2. The van der Waals surface area contributed by atoms with Gasteiger partial charge in [0.15, 0.2) is 14.5 Å². The van der Waals surface area contributed by atoms with Crippen LogP contribution in [0.1, 0.15) is 34.6 Å². The summed E-state index contributed by atoms with van der Waals surface area (Å²) in [6.45, 7) is 5.68. The molecule has 1 unspecified atom stereocenters. The van der Waals surface area contributed by atoms with Crippen LogP contribution in [-0.2, 0) is 10.3 Å². The van der Waals surface area contributed by atoms with Crippen LogP contribution in [0.4, 0.5) is 5.69 Å². The van der Waals surface area contributed by atoms with E-state index in [9.17, 15) is 14.9 Å². The number of hydrogen-bond donors (Lipinski definition) is 0. The highest BCUT2D eigenvalue weighted by atomic mass is 32.2. The van der Waals surface area contributed by atoms with Crippen molar-refractivity contribution in [3.05, 3.63) is 105 Å². The van der Waals surface area contributed by atoms with Gasteiger partial charge in [0.1, 0.15) is 5.60 Å². The average molecular weight is 433 g/mol. The number of non-ortho nitro benzene ring substituents is 1. The Kier molecular flexibility index (Phi) is 5.33. The van der Waals surface area contributed by atoms with Crippen LogP contribution in [0.25, 0.3) is 15.0 Å². The molecule has 156 valence electrons. The van der Waals surface area contributed by atoms with Gasteiger partial charge in [-0.25, -0.2) is 4.79 Å². The lowest BCUT2D eigenvalue weighted by Crippen LogP contribution is -2.25. The van der Waals surface area contributed by atoms with Gasteiger partial charge in [0, 0.05) is 41.0 Å². The summed E-state index contributed by atoms with van der Waals surface area (Å²) >= 11 is 0. The minimum absolute atomic E-state index is 0.000119. The molecule has 0 radical (unpaired) electrons. The Balaban J connectivity index is 1.55. The van der Waals surface area contributed by atoms with E-state index < -0.39 is 16.5 Å². The first kappa shape index (κ1) is 20.8. The molecule has 1 atom stereocenters. The summed E-state index contributed by atoms with van der Waals surface area (Å²) in [5.74, 6) is -0.433. The van der Waals surface area contributed by atoms with E-state index in [4.69, 9.17) is 4.74 Å². The summed E-state index contributed by atoms with van der Waals surface area (Å²) in [6, 6.07) is 24.2. The lowest BCUT2D eigenvalue weighted by Gasteiger charge is -2.25. The second-order valence-electron chi connectivity index (χ2n) is 7.83. The molecule has 3 aromatic carbocycles. The standard InChI is InChI=1S/C25H22NO4S/c1-17-16-19-6-4-5-7-23(19)31(17)22-14-8-18(9-15-22)24(27)30-25(2,3)20-10-12-21(13-11-20)26(28)29/h4-16H,1-3H3/q+1. The smallest absolute Gasteiger partial charge is 0.338 e. The number of rotatable bonds is 5. The molecular weight excluding hydrogens is 410 g/mol. The van der Waals surface area contributed by atoms with E-state index in [-0.39, 0.29) is 16.2 Å². The van der Waals surface area contributed by atoms with Gasteiger partial charge in [-0.3, -0.25) is 10.1 Å². The number of carbonyl (C=O) groups is 1. The maximum atomic E-state index is 12.8. The number of thiophene rings is 1. The van der Waals surface area contributed by atoms with Crippen molar-refractivity contribution in [3.63, 3.8) is 0 Å². The van der Waals surface area contributed by atoms with Crippen molar-refractivity contribution >= 4 is 32.2 Å². The Bertz CT molecular complexity index is 1270. The van der Waals surface area contributed by atoms with Gasteiger partial charge in [-0.2, -0.15) is 0 Å². The number of fused-ring (bicyclic) bond motifs is 1. The first-order valence-corrected chi connectivity index (χ1v) is 11.1. The molecule has 0 fully saturated rings. The third-order valence-electron chi connectivity index (χ3n) is 5.27. The van der Waals surface area contributed by atoms with Gasteiger partial charge < -0.3 is 4.74 Å². The molecule has 0 saturated heterocycles. The van der Waals surface area contributed by atoms with Crippen molar-refractivity contribution in [1.29, 1.82) is 0 Å². The molecule has 6 heteroatoms. The fraction of sp³-hybridized carbons (Fsp3) is 0.160. The molecule has 0 spiro atoms. The maximum absolute atomic E-state index is 12.8. The molecule has 0 aliphatic heterocycles. The van der Waals surface area contributed by atoms with Gasteiger partial charge in [-0.15, -0.1) is 0 Å². The monoisotopic (exact) mass is 432 g/mol. The Hall–Kier alpha value is -3.51. The predicted octanol–water partition coefficient (Wildman–Crippen LogP) is 6.89. The topological polar surface area (TPSA) is 69.4 Å². The fourth-order valence-electron chi connectivity index (χ4n) is 3.61. The van der Waals surface area contributed by atoms with E-state index in [0.717, 1.165) is 4.90 Å². The number of aryl methyl sites for hydroxylation is 1. The van der Waals surface area contributed by atoms with Crippen LogP contribution in [0.5, 0.6) is 0 Å². The quantitative estimate of drug-likeness (QED) is 0.149. The number of esters is 1. The van der Waals surface area contributed by atoms with Crippen LogP contribution in [-0.4, -0.2) is 10.9 Å². The summed E-state index contributed by atoms with van der Waals surface area (Å²) in [7, 11) is -0.133. The van der Waals surface area contributed by atoms with Crippen molar-refractivity contribution in [2.45, 2.75) is 26.4 Å². The highest BCUT2D eigenvalue weighted by Crippen LogP contribution is 2.43. The number of hydrogen-bond acceptors (Lipinski definition) is 4. The number of nitrogens with zero attached hydrogens (tertiary/aromatic N) is 1. The van der Waals surface area contributed by atoms with Gasteiger partial charge in [0.2, 0.25) is 0 Å². The van der Waals surface area contributed by atoms with Gasteiger partial charge in [-0.05, 0) is 67.9 Å². The van der Waals surface area contributed by atoms with E-state index >= 15 is 0 Å². The first-order valence-electron chi connectivity index (χ1n) is 9.86. The predicted molar refractivity (Wildman–Crippen MR) is 124 cm³/mol. The highest BCUT2D eigenvalue weighted by molar-refractivity contribution is 7.45. The van der Waals surface area contributed by atoms with Crippen molar-refractivity contribution in [2.24, 2.45) is 0 Å². The summed E-state index contributed by atoms with van der Waals surface area (Å²) in [5, 5.41) is 12.1. The number of ether oxygens (including phenoxy) is 1. The zero-order valence-corrected chi connectivity index (χ0v) is 18.3. The Morgan fingerprint density at radius 1 is 0.968 bits per heavy atom. The van der Waals surface area contributed by atoms with Crippen molar-refractivity contribution in [3.8, 4) is 4.90 Å². The molecule has 0 aliphatic carbocycles. The summed E-state index contributed by atoms with van der Waals surface area (Å²) in [4.78, 5) is 25.6. The number of carbonyl (C=O) groups excluding carboxylic acids is 1. The summed E-state index contributed by atoms with van der Waals surface area (Å²) in [5.41, 5.74) is 0.237. The molecule has 0 N–H and O–H groups in total. The Morgan fingerprint density at radius 2 is 1.61 bits per heavy atom. The van der Waals surface area contributed by atoms with Crippen molar-refractivity contribution in [2.75, 3.05) is 0 Å². The van der Waals surface area contributed by atoms with E-state index in [1.54, 1.807) is 38.1 Å². The Labute approximate surface area is 183 Å². The van der Waals surface area contributed by atoms with E-state index in [2.05, 4.69) is 31.2 Å². The SMILES string of the molecule is Cc1cc2ccccc2[s+]1-c1ccc(C(=O)OC(C)(C)c2ccc([N+](=O)[O-])cc2)cc1. The molecule has 1 heterocycles. The number of nitro groups is 1. The van der Waals surface area contributed by atoms with Gasteiger partial charge in [0.25, 0.3) is 5.69 Å². The van der Waals surface area contributed by atoms with E-state index in [1.807, 2.05) is 18.2 Å². The zero-order valence-electron chi connectivity index (χ0n) is 17.5. The van der Waals surface area contributed by atoms with Gasteiger partial charge in [-0.1, -0.05) is 12.1 Å². The van der Waals surface area contributed by atoms with Crippen LogP contribution >= 0.6 is 10.5 Å². The third kappa shape index (κ3) is 4.07. The maximum Gasteiger partial charge on any atom is 0.338 e. The molecule has 4 rings (SSSR count). The largest absolute Gasteiger partial charge is 0.451 e. The minimum Gasteiger partial charge on any atom is -0.451 e. The summed E-state index contributed by atoms with van der Waals surface area (Å²) in [6.07, 6.45) is 0. The van der Waals surface area contributed by atoms with E-state index in [0.29, 0.717) is 11.1 Å². The van der Waals surface area contributed by atoms with E-state index in [1.165, 1.54) is 27.1 Å². The molecule has 5 nitrogen and oxygen atoms in total. The van der Waals surface area contributed by atoms with Gasteiger partial charge >= 0.3 is 5.97 Å². The average Bonchev–Trinajstić information content (AvgIpc) is 3.09.